The molecule has 1 aliphatic heterocycles. The molecule has 0 bridgehead atoms. The zero-order valence-corrected chi connectivity index (χ0v) is 17.5. The lowest BCUT2D eigenvalue weighted by Crippen LogP contribution is -2.46. The van der Waals surface area contributed by atoms with Crippen LogP contribution >= 0.6 is 0 Å². The molecule has 0 saturated carbocycles. The third kappa shape index (κ3) is 4.80. The number of hydrogen-bond donors (Lipinski definition) is 1. The monoisotopic (exact) mass is 398 g/mol. The van der Waals surface area contributed by atoms with Gasteiger partial charge < -0.3 is 9.84 Å². The first-order valence-corrected chi connectivity index (χ1v) is 10.6. The SMILES string of the molecule is COc1cc(C)c(S(=O)(=O)N2CCC(N(C)CC(=O)O)CC2)cc1C(C)C. The summed E-state index contributed by atoms with van der Waals surface area (Å²) in [6.45, 7) is 6.54. The lowest BCUT2D eigenvalue weighted by atomic mass is 10.0. The first kappa shape index (κ1) is 21.7. The van der Waals surface area contributed by atoms with Crippen molar-refractivity contribution in [3.05, 3.63) is 23.3 Å². The topological polar surface area (TPSA) is 87.2 Å². The van der Waals surface area contributed by atoms with Crippen LogP contribution < -0.4 is 4.74 Å². The molecule has 1 N–H and O–H groups in total. The van der Waals surface area contributed by atoms with Crippen molar-refractivity contribution in [1.29, 1.82) is 0 Å². The van der Waals surface area contributed by atoms with Crippen LogP contribution in [0, 0.1) is 6.92 Å². The molecule has 1 aromatic rings. The van der Waals surface area contributed by atoms with E-state index in [0.717, 1.165) is 5.56 Å². The van der Waals surface area contributed by atoms with Crippen molar-refractivity contribution in [2.45, 2.75) is 50.5 Å². The van der Waals surface area contributed by atoms with E-state index in [1.807, 2.05) is 13.8 Å². The highest BCUT2D eigenvalue weighted by atomic mass is 32.2. The molecule has 1 heterocycles. The molecule has 1 fully saturated rings. The summed E-state index contributed by atoms with van der Waals surface area (Å²) in [5.74, 6) is -0.0250. The van der Waals surface area contributed by atoms with Gasteiger partial charge in [-0.1, -0.05) is 13.8 Å². The summed E-state index contributed by atoms with van der Waals surface area (Å²) in [5, 5.41) is 8.93. The third-order valence-electron chi connectivity index (χ3n) is 5.20. The first-order chi connectivity index (χ1) is 12.6. The second-order valence-electron chi connectivity index (χ2n) is 7.46. The maximum absolute atomic E-state index is 13.2. The molecule has 1 aliphatic rings. The number of likely N-dealkylation sites (N-methyl/N-ethyl adjacent to an activating group) is 1. The van der Waals surface area contributed by atoms with E-state index >= 15 is 0 Å². The quantitative estimate of drug-likeness (QED) is 0.758. The maximum Gasteiger partial charge on any atom is 0.317 e. The number of benzene rings is 1. The molecule has 0 spiro atoms. The van der Waals surface area contributed by atoms with Gasteiger partial charge in [0.15, 0.2) is 0 Å². The maximum atomic E-state index is 13.2. The summed E-state index contributed by atoms with van der Waals surface area (Å²) in [6.07, 6.45) is 1.24. The number of carboxylic acids is 1. The lowest BCUT2D eigenvalue weighted by molar-refractivity contribution is -0.138. The van der Waals surface area contributed by atoms with Crippen LogP contribution in [0.2, 0.25) is 0 Å². The molecule has 1 aromatic carbocycles. The summed E-state index contributed by atoms with van der Waals surface area (Å²) in [7, 11) is -0.243. The number of hydrogen-bond acceptors (Lipinski definition) is 5. The van der Waals surface area contributed by atoms with Crippen molar-refractivity contribution in [3.8, 4) is 5.75 Å². The Labute approximate surface area is 162 Å². The number of ether oxygens (including phenoxy) is 1. The Morgan fingerprint density at radius 1 is 1.33 bits per heavy atom. The minimum Gasteiger partial charge on any atom is -0.496 e. The number of sulfonamides is 1. The average Bonchev–Trinajstić information content (AvgIpc) is 2.60. The number of nitrogens with zero attached hydrogens (tertiary/aromatic N) is 2. The van der Waals surface area contributed by atoms with Gasteiger partial charge in [-0.05, 0) is 56.0 Å². The summed E-state index contributed by atoms with van der Waals surface area (Å²) in [5.41, 5.74) is 1.54. The number of aliphatic carboxylic acids is 1. The Bertz CT molecular complexity index is 784. The highest BCUT2D eigenvalue weighted by Gasteiger charge is 2.32. The van der Waals surface area contributed by atoms with E-state index < -0.39 is 16.0 Å². The summed E-state index contributed by atoms with van der Waals surface area (Å²) in [4.78, 5) is 13.0. The Morgan fingerprint density at radius 3 is 2.41 bits per heavy atom. The molecule has 0 amide bonds. The molecule has 27 heavy (non-hydrogen) atoms. The molecule has 8 heteroatoms. The van der Waals surface area contributed by atoms with E-state index in [-0.39, 0.29) is 18.5 Å². The summed E-state index contributed by atoms with van der Waals surface area (Å²) < 4.78 is 33.4. The van der Waals surface area contributed by atoms with Gasteiger partial charge in [-0.2, -0.15) is 4.31 Å². The predicted octanol–water partition coefficient (Wildman–Crippen LogP) is 2.30. The molecule has 0 unspecified atom stereocenters. The molecule has 0 atom stereocenters. The van der Waals surface area contributed by atoms with Crippen LogP contribution in [-0.4, -0.2) is 68.5 Å². The molecular weight excluding hydrogens is 368 g/mol. The molecule has 152 valence electrons. The molecule has 2 rings (SSSR count). The van der Waals surface area contributed by atoms with Gasteiger partial charge in [0, 0.05) is 19.1 Å². The number of methoxy groups -OCH3 is 1. The number of piperidine rings is 1. The van der Waals surface area contributed by atoms with E-state index in [2.05, 4.69) is 0 Å². The van der Waals surface area contributed by atoms with E-state index in [1.54, 1.807) is 38.1 Å². The third-order valence-corrected chi connectivity index (χ3v) is 7.24. The van der Waals surface area contributed by atoms with Crippen molar-refractivity contribution in [3.63, 3.8) is 0 Å². The number of carbonyl (C=O) groups is 1. The smallest absolute Gasteiger partial charge is 0.317 e. The van der Waals surface area contributed by atoms with Crippen molar-refractivity contribution in [2.75, 3.05) is 33.8 Å². The van der Waals surface area contributed by atoms with E-state index in [0.29, 0.717) is 42.1 Å². The van der Waals surface area contributed by atoms with Crippen LogP contribution in [0.15, 0.2) is 17.0 Å². The minimum absolute atomic E-state index is 0.0350. The van der Waals surface area contributed by atoms with Crippen molar-refractivity contribution >= 4 is 16.0 Å². The van der Waals surface area contributed by atoms with Gasteiger partial charge in [0.25, 0.3) is 0 Å². The summed E-state index contributed by atoms with van der Waals surface area (Å²) >= 11 is 0. The minimum atomic E-state index is -3.60. The highest BCUT2D eigenvalue weighted by Crippen LogP contribution is 2.33. The van der Waals surface area contributed by atoms with Gasteiger partial charge >= 0.3 is 5.97 Å². The first-order valence-electron chi connectivity index (χ1n) is 9.18. The zero-order chi connectivity index (χ0) is 20.4. The Balaban J connectivity index is 2.23. The molecule has 0 radical (unpaired) electrons. The lowest BCUT2D eigenvalue weighted by Gasteiger charge is -2.35. The Hall–Kier alpha value is -1.64. The predicted molar refractivity (Wildman–Crippen MR) is 104 cm³/mol. The van der Waals surface area contributed by atoms with Gasteiger partial charge in [0.05, 0.1) is 18.6 Å². The van der Waals surface area contributed by atoms with Crippen LogP contribution in [0.1, 0.15) is 43.7 Å². The van der Waals surface area contributed by atoms with Gasteiger partial charge in [-0.3, -0.25) is 9.69 Å². The van der Waals surface area contributed by atoms with Gasteiger partial charge in [-0.25, -0.2) is 8.42 Å². The molecule has 7 nitrogen and oxygen atoms in total. The highest BCUT2D eigenvalue weighted by molar-refractivity contribution is 7.89. The van der Waals surface area contributed by atoms with Crippen molar-refractivity contribution in [1.82, 2.24) is 9.21 Å². The fourth-order valence-corrected chi connectivity index (χ4v) is 5.30. The van der Waals surface area contributed by atoms with Crippen molar-refractivity contribution < 1.29 is 23.1 Å². The second-order valence-corrected chi connectivity index (χ2v) is 9.36. The standard InChI is InChI=1S/C19H30N2O5S/c1-13(2)16-11-18(14(3)10-17(16)26-5)27(24,25)21-8-6-15(7-9-21)20(4)12-19(22)23/h10-11,13,15H,6-9,12H2,1-5H3,(H,22,23). The van der Waals surface area contributed by atoms with Gasteiger partial charge in [0.1, 0.15) is 5.75 Å². The fraction of sp³-hybridized carbons (Fsp3) is 0.632. The van der Waals surface area contributed by atoms with Gasteiger partial charge in [0.2, 0.25) is 10.0 Å². The van der Waals surface area contributed by atoms with E-state index in [4.69, 9.17) is 9.84 Å². The molecule has 1 saturated heterocycles. The van der Waals surface area contributed by atoms with Crippen LogP contribution in [0.25, 0.3) is 0 Å². The largest absolute Gasteiger partial charge is 0.496 e. The number of rotatable bonds is 7. The molecule has 0 aromatic heterocycles. The zero-order valence-electron chi connectivity index (χ0n) is 16.7. The van der Waals surface area contributed by atoms with Crippen LogP contribution in [0.3, 0.4) is 0 Å². The average molecular weight is 399 g/mol. The van der Waals surface area contributed by atoms with Crippen molar-refractivity contribution in [2.24, 2.45) is 0 Å². The Morgan fingerprint density at radius 2 is 1.93 bits per heavy atom. The number of carboxylic acid groups (broad SMARTS) is 1. The van der Waals surface area contributed by atoms with E-state index in [9.17, 15) is 13.2 Å². The van der Waals surface area contributed by atoms with Crippen LogP contribution in [-0.2, 0) is 14.8 Å². The van der Waals surface area contributed by atoms with Crippen LogP contribution in [0.5, 0.6) is 5.75 Å². The van der Waals surface area contributed by atoms with E-state index in [1.165, 1.54) is 4.31 Å². The Kier molecular flexibility index (Phi) is 6.88. The van der Waals surface area contributed by atoms with Crippen LogP contribution in [0.4, 0.5) is 0 Å². The second kappa shape index (κ2) is 8.58. The normalized spacial score (nSPS) is 16.9. The van der Waals surface area contributed by atoms with Gasteiger partial charge in [-0.15, -0.1) is 0 Å². The molecule has 0 aliphatic carbocycles. The number of aryl methyl sites for hydroxylation is 1. The fourth-order valence-electron chi connectivity index (χ4n) is 3.59. The molecular formula is C19H30N2O5S. The summed E-state index contributed by atoms with van der Waals surface area (Å²) in [6, 6.07) is 3.60.